The van der Waals surface area contributed by atoms with E-state index in [-0.39, 0.29) is 0 Å². The Kier molecular flexibility index (Phi) is 4.43. The molecular weight excluding hydrogens is 188 g/mol. The van der Waals surface area contributed by atoms with Gasteiger partial charge in [-0.25, -0.2) is 0 Å². The zero-order valence-corrected chi connectivity index (χ0v) is 9.66. The van der Waals surface area contributed by atoms with Crippen molar-refractivity contribution < 1.29 is 4.74 Å². The lowest BCUT2D eigenvalue weighted by Gasteiger charge is -2.21. The fourth-order valence-corrected chi connectivity index (χ4v) is 1.42. The molecule has 1 aromatic rings. The first kappa shape index (κ1) is 11.9. The highest BCUT2D eigenvalue weighted by Gasteiger charge is 2.10. The van der Waals surface area contributed by atoms with Crippen molar-refractivity contribution in [2.45, 2.75) is 19.9 Å². The van der Waals surface area contributed by atoms with Gasteiger partial charge in [0.1, 0.15) is 5.75 Å². The van der Waals surface area contributed by atoms with Crippen molar-refractivity contribution >= 4 is 5.69 Å². The van der Waals surface area contributed by atoms with Gasteiger partial charge in [0.25, 0.3) is 0 Å². The Morgan fingerprint density at radius 2 is 2.13 bits per heavy atom. The monoisotopic (exact) mass is 208 g/mol. The molecule has 0 aliphatic heterocycles. The molecule has 1 aromatic carbocycles. The fraction of sp³-hybridized carbons (Fsp3) is 0.500. The van der Waals surface area contributed by atoms with E-state index >= 15 is 0 Å². The predicted molar refractivity (Wildman–Crippen MR) is 64.3 cm³/mol. The van der Waals surface area contributed by atoms with E-state index in [1.54, 1.807) is 7.11 Å². The zero-order valence-electron chi connectivity index (χ0n) is 9.66. The topological polar surface area (TPSA) is 47.3 Å². The third kappa shape index (κ3) is 3.44. The number of nitrogens with one attached hydrogen (secondary N) is 1. The van der Waals surface area contributed by atoms with Crippen molar-refractivity contribution in [2.24, 2.45) is 11.7 Å². The standard InChI is InChI=1S/C12H20N2O/c1-9(2)12(8-13)14-10-5-4-6-11(7-10)15-3/h4-7,9,12,14H,8,13H2,1-3H3. The maximum Gasteiger partial charge on any atom is 0.120 e. The Hall–Kier alpha value is -1.22. The smallest absolute Gasteiger partial charge is 0.120 e. The van der Waals surface area contributed by atoms with E-state index in [1.807, 2.05) is 24.3 Å². The largest absolute Gasteiger partial charge is 0.497 e. The molecule has 0 spiro atoms. The summed E-state index contributed by atoms with van der Waals surface area (Å²) < 4.78 is 5.16. The summed E-state index contributed by atoms with van der Waals surface area (Å²) in [6.07, 6.45) is 0. The van der Waals surface area contributed by atoms with Gasteiger partial charge in [0, 0.05) is 24.3 Å². The molecule has 0 bridgehead atoms. The van der Waals surface area contributed by atoms with Crippen LogP contribution in [0.5, 0.6) is 5.75 Å². The number of rotatable bonds is 5. The van der Waals surface area contributed by atoms with Crippen LogP contribution >= 0.6 is 0 Å². The summed E-state index contributed by atoms with van der Waals surface area (Å²) in [6, 6.07) is 8.20. The summed E-state index contributed by atoms with van der Waals surface area (Å²) >= 11 is 0. The van der Waals surface area contributed by atoms with Crippen LogP contribution in [0.4, 0.5) is 5.69 Å². The molecular formula is C12H20N2O. The van der Waals surface area contributed by atoms with Gasteiger partial charge in [-0.05, 0) is 18.1 Å². The highest BCUT2D eigenvalue weighted by Crippen LogP contribution is 2.18. The van der Waals surface area contributed by atoms with Gasteiger partial charge in [-0.3, -0.25) is 0 Å². The number of ether oxygens (including phenoxy) is 1. The van der Waals surface area contributed by atoms with E-state index < -0.39 is 0 Å². The molecule has 0 aliphatic carbocycles. The van der Waals surface area contributed by atoms with Crippen molar-refractivity contribution in [3.63, 3.8) is 0 Å². The summed E-state index contributed by atoms with van der Waals surface area (Å²) in [5.74, 6) is 1.38. The molecule has 1 atom stereocenters. The SMILES string of the molecule is COc1cccc(NC(CN)C(C)C)c1. The second kappa shape index (κ2) is 5.61. The summed E-state index contributed by atoms with van der Waals surface area (Å²) in [5, 5.41) is 3.40. The molecule has 1 unspecified atom stereocenters. The lowest BCUT2D eigenvalue weighted by atomic mass is 10.0. The van der Waals surface area contributed by atoms with Gasteiger partial charge >= 0.3 is 0 Å². The van der Waals surface area contributed by atoms with E-state index in [4.69, 9.17) is 10.5 Å². The molecule has 0 aromatic heterocycles. The van der Waals surface area contributed by atoms with Gasteiger partial charge < -0.3 is 15.8 Å². The average molecular weight is 208 g/mol. The number of hydrogen-bond donors (Lipinski definition) is 2. The lowest BCUT2D eigenvalue weighted by Crippen LogP contribution is -2.33. The molecule has 0 saturated carbocycles. The van der Waals surface area contributed by atoms with Gasteiger partial charge in [-0.15, -0.1) is 0 Å². The Morgan fingerprint density at radius 1 is 1.40 bits per heavy atom. The summed E-state index contributed by atoms with van der Waals surface area (Å²) in [4.78, 5) is 0. The molecule has 3 nitrogen and oxygen atoms in total. The van der Waals surface area contributed by atoms with Crippen LogP contribution in [0, 0.1) is 5.92 Å². The van der Waals surface area contributed by atoms with Crippen LogP contribution in [0.2, 0.25) is 0 Å². The van der Waals surface area contributed by atoms with E-state index in [0.29, 0.717) is 18.5 Å². The number of anilines is 1. The third-order valence-corrected chi connectivity index (χ3v) is 2.48. The van der Waals surface area contributed by atoms with Crippen molar-refractivity contribution in [2.75, 3.05) is 19.0 Å². The van der Waals surface area contributed by atoms with Crippen molar-refractivity contribution in [3.05, 3.63) is 24.3 Å². The van der Waals surface area contributed by atoms with Gasteiger partial charge in [0.15, 0.2) is 0 Å². The quantitative estimate of drug-likeness (QED) is 0.779. The molecule has 0 saturated heterocycles. The van der Waals surface area contributed by atoms with Gasteiger partial charge in [-0.2, -0.15) is 0 Å². The van der Waals surface area contributed by atoms with E-state index in [1.165, 1.54) is 0 Å². The lowest BCUT2D eigenvalue weighted by molar-refractivity contribution is 0.415. The van der Waals surface area contributed by atoms with Crippen LogP contribution in [0.1, 0.15) is 13.8 Å². The molecule has 1 rings (SSSR count). The van der Waals surface area contributed by atoms with Crippen LogP contribution in [0.25, 0.3) is 0 Å². The van der Waals surface area contributed by atoms with Crippen molar-refractivity contribution in [1.29, 1.82) is 0 Å². The first-order valence-electron chi connectivity index (χ1n) is 5.28. The van der Waals surface area contributed by atoms with Crippen LogP contribution < -0.4 is 15.8 Å². The molecule has 3 heteroatoms. The van der Waals surface area contributed by atoms with E-state index in [9.17, 15) is 0 Å². The zero-order chi connectivity index (χ0) is 11.3. The van der Waals surface area contributed by atoms with Gasteiger partial charge in [0.05, 0.1) is 7.11 Å². The van der Waals surface area contributed by atoms with Crippen LogP contribution in [0.3, 0.4) is 0 Å². The molecule has 0 heterocycles. The maximum absolute atomic E-state index is 5.70. The molecule has 0 aliphatic rings. The Morgan fingerprint density at radius 3 is 2.67 bits per heavy atom. The minimum Gasteiger partial charge on any atom is -0.497 e. The molecule has 84 valence electrons. The predicted octanol–water partition coefficient (Wildman–Crippen LogP) is 2.09. The minimum atomic E-state index is 0.303. The fourth-order valence-electron chi connectivity index (χ4n) is 1.42. The van der Waals surface area contributed by atoms with Gasteiger partial charge in [-0.1, -0.05) is 19.9 Å². The van der Waals surface area contributed by atoms with E-state index in [2.05, 4.69) is 19.2 Å². The van der Waals surface area contributed by atoms with Crippen LogP contribution in [-0.4, -0.2) is 19.7 Å². The average Bonchev–Trinajstić information content (AvgIpc) is 2.25. The number of nitrogens with two attached hydrogens (primary N) is 1. The highest BCUT2D eigenvalue weighted by molar-refractivity contribution is 5.48. The molecule has 3 N–H and O–H groups in total. The first-order valence-corrected chi connectivity index (χ1v) is 5.28. The number of hydrogen-bond acceptors (Lipinski definition) is 3. The van der Waals surface area contributed by atoms with E-state index in [0.717, 1.165) is 11.4 Å². The number of benzene rings is 1. The minimum absolute atomic E-state index is 0.303. The van der Waals surface area contributed by atoms with Crippen molar-refractivity contribution in [3.8, 4) is 5.75 Å². The maximum atomic E-state index is 5.70. The summed E-state index contributed by atoms with van der Waals surface area (Å²) in [5.41, 5.74) is 6.75. The molecule has 0 amide bonds. The molecule has 0 radical (unpaired) electrons. The van der Waals surface area contributed by atoms with Crippen LogP contribution in [-0.2, 0) is 0 Å². The molecule has 15 heavy (non-hydrogen) atoms. The number of methoxy groups -OCH3 is 1. The van der Waals surface area contributed by atoms with Crippen LogP contribution in [0.15, 0.2) is 24.3 Å². The normalized spacial score (nSPS) is 12.6. The Labute approximate surface area is 91.6 Å². The first-order chi connectivity index (χ1) is 7.17. The highest BCUT2D eigenvalue weighted by atomic mass is 16.5. The second-order valence-corrected chi connectivity index (χ2v) is 3.96. The summed E-state index contributed by atoms with van der Waals surface area (Å²) in [7, 11) is 1.67. The second-order valence-electron chi connectivity index (χ2n) is 3.96. The Bertz CT molecular complexity index is 299. The third-order valence-electron chi connectivity index (χ3n) is 2.48. The Balaban J connectivity index is 2.70. The van der Waals surface area contributed by atoms with Gasteiger partial charge in [0.2, 0.25) is 0 Å². The van der Waals surface area contributed by atoms with Crippen molar-refractivity contribution in [1.82, 2.24) is 0 Å². The molecule has 0 fully saturated rings. The summed E-state index contributed by atoms with van der Waals surface area (Å²) in [6.45, 7) is 4.95.